The molecule has 0 amide bonds. The van der Waals surface area contributed by atoms with Crippen LogP contribution in [-0.4, -0.2) is 33.0 Å². The molecule has 104 valence electrons. The number of carbonyl (C=O) groups is 1. The molecule has 19 heavy (non-hydrogen) atoms. The van der Waals surface area contributed by atoms with Crippen LogP contribution in [0.25, 0.3) is 0 Å². The lowest BCUT2D eigenvalue weighted by Gasteiger charge is -2.10. The zero-order valence-corrected chi connectivity index (χ0v) is 11.5. The molecule has 1 atom stereocenters. The number of rotatable bonds is 4. The standard InChI is InChI=1S/C13H16O5S/c1-17-11-4-2-3-5-12(11)18-13(14)8-10-6-7-19(15,16)9-10/h2-5,10H,6-9H2,1H3/t10-/m0/s1. The molecule has 1 heterocycles. The second-order valence-electron chi connectivity index (χ2n) is 4.60. The number of para-hydroxylation sites is 2. The van der Waals surface area contributed by atoms with E-state index in [4.69, 9.17) is 9.47 Å². The van der Waals surface area contributed by atoms with Crippen molar-refractivity contribution in [3.05, 3.63) is 24.3 Å². The third-order valence-electron chi connectivity index (χ3n) is 3.07. The van der Waals surface area contributed by atoms with Crippen molar-refractivity contribution in [2.45, 2.75) is 12.8 Å². The number of sulfone groups is 1. The summed E-state index contributed by atoms with van der Waals surface area (Å²) in [5, 5.41) is 0. The Morgan fingerprint density at radius 3 is 2.58 bits per heavy atom. The van der Waals surface area contributed by atoms with E-state index in [9.17, 15) is 13.2 Å². The van der Waals surface area contributed by atoms with Gasteiger partial charge in [-0.2, -0.15) is 0 Å². The zero-order chi connectivity index (χ0) is 13.9. The quantitative estimate of drug-likeness (QED) is 0.618. The molecule has 6 heteroatoms. The number of esters is 1. The van der Waals surface area contributed by atoms with Gasteiger partial charge in [-0.1, -0.05) is 12.1 Å². The molecule has 1 aliphatic rings. The second-order valence-corrected chi connectivity index (χ2v) is 6.83. The van der Waals surface area contributed by atoms with Gasteiger partial charge in [-0.3, -0.25) is 4.79 Å². The van der Waals surface area contributed by atoms with Gasteiger partial charge in [0, 0.05) is 6.42 Å². The van der Waals surface area contributed by atoms with E-state index < -0.39 is 15.8 Å². The summed E-state index contributed by atoms with van der Waals surface area (Å²) in [6.45, 7) is 0. The summed E-state index contributed by atoms with van der Waals surface area (Å²) in [6, 6.07) is 6.86. The molecule has 1 aromatic rings. The number of benzene rings is 1. The van der Waals surface area contributed by atoms with Crippen molar-refractivity contribution in [1.82, 2.24) is 0 Å². The van der Waals surface area contributed by atoms with Crippen molar-refractivity contribution in [3.63, 3.8) is 0 Å². The smallest absolute Gasteiger partial charge is 0.311 e. The molecular formula is C13H16O5S. The molecule has 2 rings (SSSR count). The van der Waals surface area contributed by atoms with Gasteiger partial charge >= 0.3 is 5.97 Å². The van der Waals surface area contributed by atoms with Crippen LogP contribution in [-0.2, 0) is 14.6 Å². The largest absolute Gasteiger partial charge is 0.493 e. The molecule has 1 aliphatic heterocycles. The number of ether oxygens (including phenoxy) is 2. The van der Waals surface area contributed by atoms with E-state index >= 15 is 0 Å². The van der Waals surface area contributed by atoms with E-state index in [1.807, 2.05) is 0 Å². The minimum atomic E-state index is -2.96. The SMILES string of the molecule is COc1ccccc1OC(=O)C[C@@H]1CCS(=O)(=O)C1. The van der Waals surface area contributed by atoms with Gasteiger partial charge in [0.25, 0.3) is 0 Å². The third kappa shape index (κ3) is 3.70. The molecule has 0 saturated carbocycles. The topological polar surface area (TPSA) is 69.7 Å². The van der Waals surface area contributed by atoms with E-state index in [1.54, 1.807) is 24.3 Å². The summed E-state index contributed by atoms with van der Waals surface area (Å²) in [6.07, 6.45) is 0.653. The molecule has 1 saturated heterocycles. The maximum absolute atomic E-state index is 11.8. The Morgan fingerprint density at radius 1 is 1.32 bits per heavy atom. The molecular weight excluding hydrogens is 268 g/mol. The lowest BCUT2D eigenvalue weighted by Crippen LogP contribution is -2.15. The molecule has 0 unspecified atom stereocenters. The molecule has 0 aromatic heterocycles. The minimum Gasteiger partial charge on any atom is -0.493 e. The van der Waals surface area contributed by atoms with Crippen LogP contribution in [0.2, 0.25) is 0 Å². The molecule has 1 fully saturated rings. The predicted octanol–water partition coefficient (Wildman–Crippen LogP) is 1.43. The molecule has 0 aliphatic carbocycles. The van der Waals surface area contributed by atoms with Crippen LogP contribution in [0.5, 0.6) is 11.5 Å². The Hall–Kier alpha value is -1.56. The van der Waals surface area contributed by atoms with Crippen LogP contribution in [0, 0.1) is 5.92 Å². The summed E-state index contributed by atoms with van der Waals surface area (Å²) in [5.41, 5.74) is 0. The van der Waals surface area contributed by atoms with Crippen LogP contribution in [0.3, 0.4) is 0 Å². The maximum Gasteiger partial charge on any atom is 0.311 e. The van der Waals surface area contributed by atoms with Gasteiger partial charge in [-0.05, 0) is 24.5 Å². The highest BCUT2D eigenvalue weighted by molar-refractivity contribution is 7.91. The average Bonchev–Trinajstić information content (AvgIpc) is 2.69. The average molecular weight is 284 g/mol. The van der Waals surface area contributed by atoms with E-state index in [2.05, 4.69) is 0 Å². The summed E-state index contributed by atoms with van der Waals surface area (Å²) < 4.78 is 32.9. The van der Waals surface area contributed by atoms with Crippen LogP contribution < -0.4 is 9.47 Å². The Morgan fingerprint density at radius 2 is 2.00 bits per heavy atom. The van der Waals surface area contributed by atoms with Gasteiger partial charge in [-0.25, -0.2) is 8.42 Å². The monoisotopic (exact) mass is 284 g/mol. The highest BCUT2D eigenvalue weighted by atomic mass is 32.2. The first-order chi connectivity index (χ1) is 9.00. The summed E-state index contributed by atoms with van der Waals surface area (Å²) in [5.74, 6) is 0.526. The van der Waals surface area contributed by atoms with Crippen LogP contribution in [0.15, 0.2) is 24.3 Å². The predicted molar refractivity (Wildman–Crippen MR) is 70.0 cm³/mol. The highest BCUT2D eigenvalue weighted by Gasteiger charge is 2.30. The number of hydrogen-bond acceptors (Lipinski definition) is 5. The van der Waals surface area contributed by atoms with Crippen LogP contribution in [0.4, 0.5) is 0 Å². The number of carbonyl (C=O) groups excluding carboxylic acids is 1. The Kier molecular flexibility index (Phi) is 4.09. The fraction of sp³-hybridized carbons (Fsp3) is 0.462. The van der Waals surface area contributed by atoms with E-state index in [-0.39, 0.29) is 23.8 Å². The first kappa shape index (κ1) is 13.9. The summed E-state index contributed by atoms with van der Waals surface area (Å²) in [7, 11) is -1.46. The molecule has 5 nitrogen and oxygen atoms in total. The van der Waals surface area contributed by atoms with Gasteiger partial charge in [0.05, 0.1) is 18.6 Å². The Balaban J connectivity index is 1.95. The lowest BCUT2D eigenvalue weighted by molar-refractivity contribution is -0.135. The molecule has 0 radical (unpaired) electrons. The lowest BCUT2D eigenvalue weighted by atomic mass is 10.1. The highest BCUT2D eigenvalue weighted by Crippen LogP contribution is 2.27. The van der Waals surface area contributed by atoms with Gasteiger partial charge in [0.1, 0.15) is 0 Å². The fourth-order valence-corrected chi connectivity index (χ4v) is 4.00. The third-order valence-corrected chi connectivity index (χ3v) is 4.91. The van der Waals surface area contributed by atoms with Crippen molar-refractivity contribution in [2.75, 3.05) is 18.6 Å². The molecule has 0 bridgehead atoms. The van der Waals surface area contributed by atoms with Crippen molar-refractivity contribution in [1.29, 1.82) is 0 Å². The molecule has 0 N–H and O–H groups in total. The first-order valence-corrected chi connectivity index (χ1v) is 7.86. The fourth-order valence-electron chi connectivity index (χ4n) is 2.14. The second kappa shape index (κ2) is 5.61. The van der Waals surface area contributed by atoms with Gasteiger partial charge in [-0.15, -0.1) is 0 Å². The number of methoxy groups -OCH3 is 1. The zero-order valence-electron chi connectivity index (χ0n) is 10.7. The Labute approximate surface area is 112 Å². The first-order valence-electron chi connectivity index (χ1n) is 6.04. The van der Waals surface area contributed by atoms with Crippen LogP contribution >= 0.6 is 0 Å². The summed E-state index contributed by atoms with van der Waals surface area (Å²) >= 11 is 0. The van der Waals surface area contributed by atoms with Gasteiger partial charge in [0.2, 0.25) is 0 Å². The van der Waals surface area contributed by atoms with Gasteiger partial charge < -0.3 is 9.47 Å². The van der Waals surface area contributed by atoms with Crippen molar-refractivity contribution < 1.29 is 22.7 Å². The van der Waals surface area contributed by atoms with Gasteiger partial charge in [0.15, 0.2) is 21.3 Å². The van der Waals surface area contributed by atoms with Crippen LogP contribution in [0.1, 0.15) is 12.8 Å². The van der Waals surface area contributed by atoms with Crippen molar-refractivity contribution in [2.24, 2.45) is 5.92 Å². The minimum absolute atomic E-state index is 0.0774. The van der Waals surface area contributed by atoms with E-state index in [0.717, 1.165) is 0 Å². The summed E-state index contributed by atoms with van der Waals surface area (Å²) in [4.78, 5) is 11.8. The van der Waals surface area contributed by atoms with E-state index in [0.29, 0.717) is 17.9 Å². The van der Waals surface area contributed by atoms with Crippen molar-refractivity contribution in [3.8, 4) is 11.5 Å². The molecule has 0 spiro atoms. The normalized spacial score (nSPS) is 21.0. The van der Waals surface area contributed by atoms with Crippen molar-refractivity contribution >= 4 is 15.8 Å². The van der Waals surface area contributed by atoms with E-state index in [1.165, 1.54) is 7.11 Å². The maximum atomic E-state index is 11.8. The molecule has 1 aromatic carbocycles. The Bertz CT molecular complexity index is 564. The number of hydrogen-bond donors (Lipinski definition) is 0.